The molecule has 0 aliphatic carbocycles. The highest BCUT2D eigenvalue weighted by Gasteiger charge is 2.20. The van der Waals surface area contributed by atoms with Crippen LogP contribution >= 0.6 is 0 Å². The van der Waals surface area contributed by atoms with Crippen LogP contribution in [0.4, 0.5) is 0 Å². The van der Waals surface area contributed by atoms with E-state index in [2.05, 4.69) is 19.9 Å². The van der Waals surface area contributed by atoms with Gasteiger partial charge >= 0.3 is 0 Å². The van der Waals surface area contributed by atoms with Gasteiger partial charge in [0.05, 0.1) is 11.8 Å². The number of sulfonamides is 1. The summed E-state index contributed by atoms with van der Waals surface area (Å²) in [6.45, 7) is 7.78. The molecule has 17 heavy (non-hydrogen) atoms. The molecule has 1 unspecified atom stereocenters. The first-order valence-corrected chi connectivity index (χ1v) is 7.20. The molecule has 1 aromatic heterocycles. The van der Waals surface area contributed by atoms with Gasteiger partial charge < -0.3 is 0 Å². The van der Waals surface area contributed by atoms with E-state index in [1.807, 2.05) is 20.8 Å². The van der Waals surface area contributed by atoms with Crippen molar-refractivity contribution >= 4 is 10.0 Å². The van der Waals surface area contributed by atoms with Gasteiger partial charge in [0.1, 0.15) is 12.2 Å². The first kappa shape index (κ1) is 14.1. The van der Waals surface area contributed by atoms with E-state index in [1.54, 1.807) is 6.92 Å². The second-order valence-electron chi connectivity index (χ2n) is 5.34. The number of hydrogen-bond acceptors (Lipinski definition) is 4. The highest BCUT2D eigenvalue weighted by Crippen LogP contribution is 2.19. The summed E-state index contributed by atoms with van der Waals surface area (Å²) in [6.07, 6.45) is 1.97. The highest BCUT2D eigenvalue weighted by atomic mass is 32.2. The molecule has 0 spiro atoms. The van der Waals surface area contributed by atoms with Crippen LogP contribution in [-0.2, 0) is 10.0 Å². The van der Waals surface area contributed by atoms with E-state index < -0.39 is 10.0 Å². The number of aromatic nitrogens is 3. The molecular weight excluding hydrogens is 240 g/mol. The predicted molar refractivity (Wildman–Crippen MR) is 65.8 cm³/mol. The van der Waals surface area contributed by atoms with Crippen LogP contribution in [0, 0.1) is 5.41 Å². The number of nitrogens with zero attached hydrogens (tertiary/aromatic N) is 2. The van der Waals surface area contributed by atoms with Gasteiger partial charge in [0.15, 0.2) is 0 Å². The monoisotopic (exact) mass is 260 g/mol. The van der Waals surface area contributed by atoms with E-state index in [0.29, 0.717) is 12.2 Å². The molecule has 0 saturated heterocycles. The number of hydrogen-bond donors (Lipinski definition) is 2. The Hall–Kier alpha value is -0.950. The third kappa shape index (κ3) is 5.27. The summed E-state index contributed by atoms with van der Waals surface area (Å²) in [4.78, 5) is 3.92. The van der Waals surface area contributed by atoms with Crippen LogP contribution in [0.3, 0.4) is 0 Å². The maximum Gasteiger partial charge on any atom is 0.212 e. The van der Waals surface area contributed by atoms with Gasteiger partial charge in [-0.1, -0.05) is 20.8 Å². The maximum absolute atomic E-state index is 11.8. The minimum atomic E-state index is -3.28. The first-order valence-electron chi connectivity index (χ1n) is 5.55. The van der Waals surface area contributed by atoms with Crippen molar-refractivity contribution in [2.24, 2.45) is 5.41 Å². The van der Waals surface area contributed by atoms with Crippen molar-refractivity contribution in [3.05, 3.63) is 12.2 Å². The fourth-order valence-corrected chi connectivity index (χ4v) is 2.90. The molecule has 2 N–H and O–H groups in total. The smallest absolute Gasteiger partial charge is 0.212 e. The zero-order valence-electron chi connectivity index (χ0n) is 10.7. The van der Waals surface area contributed by atoms with Crippen LogP contribution in [0.1, 0.15) is 46.0 Å². The average Bonchev–Trinajstić information content (AvgIpc) is 2.66. The molecule has 0 aliphatic heterocycles. The second kappa shape index (κ2) is 5.14. The van der Waals surface area contributed by atoms with Crippen LogP contribution in [0.25, 0.3) is 0 Å². The molecule has 0 amide bonds. The van der Waals surface area contributed by atoms with E-state index in [4.69, 9.17) is 0 Å². The lowest BCUT2D eigenvalue weighted by Gasteiger charge is -2.19. The van der Waals surface area contributed by atoms with Crippen LogP contribution in [0.2, 0.25) is 0 Å². The van der Waals surface area contributed by atoms with Gasteiger partial charge in [0, 0.05) is 0 Å². The molecule has 0 fully saturated rings. The van der Waals surface area contributed by atoms with Crippen molar-refractivity contribution in [3.8, 4) is 0 Å². The van der Waals surface area contributed by atoms with Gasteiger partial charge in [-0.25, -0.2) is 18.1 Å². The van der Waals surface area contributed by atoms with Crippen molar-refractivity contribution in [3.63, 3.8) is 0 Å². The molecule has 0 radical (unpaired) electrons. The van der Waals surface area contributed by atoms with Gasteiger partial charge in [-0.2, -0.15) is 5.10 Å². The molecule has 1 atom stereocenters. The van der Waals surface area contributed by atoms with Crippen molar-refractivity contribution in [1.82, 2.24) is 19.9 Å². The molecule has 1 heterocycles. The lowest BCUT2D eigenvalue weighted by molar-refractivity contribution is 0.395. The summed E-state index contributed by atoms with van der Waals surface area (Å²) in [5.41, 5.74) is 0.00419. The quantitative estimate of drug-likeness (QED) is 0.833. The third-order valence-corrected chi connectivity index (χ3v) is 3.78. The van der Waals surface area contributed by atoms with Crippen LogP contribution < -0.4 is 4.72 Å². The Balaban J connectivity index is 2.55. The van der Waals surface area contributed by atoms with Crippen molar-refractivity contribution in [2.45, 2.75) is 40.2 Å². The summed E-state index contributed by atoms with van der Waals surface area (Å²) >= 11 is 0. The largest absolute Gasteiger partial charge is 0.262 e. The Morgan fingerprint density at radius 2 is 2.12 bits per heavy atom. The zero-order valence-corrected chi connectivity index (χ0v) is 11.5. The van der Waals surface area contributed by atoms with E-state index in [0.717, 1.165) is 0 Å². The molecular formula is C10H20N4O2S. The summed E-state index contributed by atoms with van der Waals surface area (Å²) in [5, 5.41) is 6.33. The van der Waals surface area contributed by atoms with E-state index in [1.165, 1.54) is 6.33 Å². The van der Waals surface area contributed by atoms with Gasteiger partial charge in [-0.3, -0.25) is 5.10 Å². The van der Waals surface area contributed by atoms with E-state index >= 15 is 0 Å². The molecule has 1 aromatic rings. The lowest BCUT2D eigenvalue weighted by atomic mass is 9.94. The van der Waals surface area contributed by atoms with Crippen molar-refractivity contribution in [2.75, 3.05) is 5.75 Å². The zero-order chi connectivity index (χ0) is 13.1. The van der Waals surface area contributed by atoms with Crippen molar-refractivity contribution in [1.29, 1.82) is 0 Å². The predicted octanol–water partition coefficient (Wildman–Crippen LogP) is 1.22. The summed E-state index contributed by atoms with van der Waals surface area (Å²) in [7, 11) is -3.28. The number of H-pyrrole nitrogens is 1. The minimum absolute atomic E-state index is 0.00419. The number of nitrogens with one attached hydrogen (secondary N) is 2. The topological polar surface area (TPSA) is 87.7 Å². The van der Waals surface area contributed by atoms with E-state index in [9.17, 15) is 8.42 Å². The summed E-state index contributed by atoms with van der Waals surface area (Å²) in [6, 6.07) is -0.387. The molecule has 0 bridgehead atoms. The van der Waals surface area contributed by atoms with Gasteiger partial charge in [-0.15, -0.1) is 0 Å². The van der Waals surface area contributed by atoms with E-state index in [-0.39, 0.29) is 17.2 Å². The Morgan fingerprint density at radius 3 is 2.59 bits per heavy atom. The summed E-state index contributed by atoms with van der Waals surface area (Å²) in [5.74, 6) is 0.638. The highest BCUT2D eigenvalue weighted by molar-refractivity contribution is 7.89. The molecule has 1 rings (SSSR count). The Labute approximate surface area is 102 Å². The lowest BCUT2D eigenvalue weighted by Crippen LogP contribution is -2.31. The Morgan fingerprint density at radius 1 is 1.47 bits per heavy atom. The average molecular weight is 260 g/mol. The molecule has 6 nitrogen and oxygen atoms in total. The summed E-state index contributed by atoms with van der Waals surface area (Å²) < 4.78 is 26.2. The minimum Gasteiger partial charge on any atom is -0.262 e. The van der Waals surface area contributed by atoms with Gasteiger partial charge in [0.2, 0.25) is 10.0 Å². The normalized spacial score (nSPS) is 14.8. The standard InChI is InChI=1S/C10H20N4O2S/c1-8(9-11-7-12-13-9)14-17(15,16)6-5-10(2,3)4/h7-8,14H,5-6H2,1-4H3,(H,11,12,13). The van der Waals surface area contributed by atoms with Crippen molar-refractivity contribution < 1.29 is 8.42 Å². The second-order valence-corrected chi connectivity index (χ2v) is 7.21. The number of aromatic amines is 1. The van der Waals surface area contributed by atoms with Crippen LogP contribution in [0.5, 0.6) is 0 Å². The molecule has 0 saturated carbocycles. The SMILES string of the molecule is CC(NS(=O)(=O)CCC(C)(C)C)c1ncn[nH]1. The third-order valence-electron chi connectivity index (χ3n) is 2.32. The Bertz CT molecular complexity index is 433. The molecule has 98 valence electrons. The van der Waals surface area contributed by atoms with Crippen LogP contribution in [0.15, 0.2) is 6.33 Å². The molecule has 7 heteroatoms. The van der Waals surface area contributed by atoms with Gasteiger partial charge in [-0.05, 0) is 18.8 Å². The Kier molecular flexibility index (Phi) is 4.26. The van der Waals surface area contributed by atoms with Crippen LogP contribution in [-0.4, -0.2) is 29.4 Å². The molecule has 0 aromatic carbocycles. The van der Waals surface area contributed by atoms with Gasteiger partial charge in [0.25, 0.3) is 0 Å². The fourth-order valence-electron chi connectivity index (χ4n) is 1.25. The molecule has 0 aliphatic rings. The number of rotatable bonds is 5. The maximum atomic E-state index is 11.8. The first-order chi connectivity index (χ1) is 7.70. The fraction of sp³-hybridized carbons (Fsp3) is 0.800.